The van der Waals surface area contributed by atoms with Crippen molar-refractivity contribution in [2.75, 3.05) is 11.9 Å². The van der Waals surface area contributed by atoms with Gasteiger partial charge in [-0.15, -0.1) is 0 Å². The molecule has 2 atom stereocenters. The Kier molecular flexibility index (Phi) is 4.71. The summed E-state index contributed by atoms with van der Waals surface area (Å²) in [4.78, 5) is 0. The maximum atomic E-state index is 13.1. The molecule has 0 amide bonds. The third kappa shape index (κ3) is 3.28. The summed E-state index contributed by atoms with van der Waals surface area (Å²) in [6.45, 7) is 2.83. The zero-order chi connectivity index (χ0) is 13.1. The Bertz CT molecular complexity index is 404. The van der Waals surface area contributed by atoms with Crippen LogP contribution in [0.5, 0.6) is 0 Å². The minimum absolute atomic E-state index is 0.268. The second kappa shape index (κ2) is 6.09. The van der Waals surface area contributed by atoms with Crippen molar-refractivity contribution in [3.63, 3.8) is 0 Å². The monoisotopic (exact) mass is 291 g/mol. The third-order valence-corrected chi connectivity index (χ3v) is 3.77. The van der Waals surface area contributed by atoms with Crippen LogP contribution >= 0.6 is 23.2 Å². The molecule has 1 aliphatic rings. The molecule has 1 aliphatic heterocycles. The van der Waals surface area contributed by atoms with Gasteiger partial charge >= 0.3 is 0 Å². The Morgan fingerprint density at radius 3 is 2.67 bits per heavy atom. The average molecular weight is 292 g/mol. The second-order valence-electron chi connectivity index (χ2n) is 4.51. The van der Waals surface area contributed by atoms with Crippen molar-refractivity contribution >= 4 is 28.9 Å². The molecule has 0 aliphatic carbocycles. The molecule has 5 heteroatoms. The van der Waals surface area contributed by atoms with Crippen molar-refractivity contribution < 1.29 is 9.13 Å². The number of hydrogen-bond acceptors (Lipinski definition) is 2. The Morgan fingerprint density at radius 2 is 2.06 bits per heavy atom. The van der Waals surface area contributed by atoms with Gasteiger partial charge in [0.2, 0.25) is 0 Å². The maximum absolute atomic E-state index is 13.1. The molecule has 1 saturated heterocycles. The fourth-order valence-electron chi connectivity index (χ4n) is 2.18. The first-order valence-corrected chi connectivity index (χ1v) is 6.88. The van der Waals surface area contributed by atoms with Gasteiger partial charge < -0.3 is 10.1 Å². The van der Waals surface area contributed by atoms with Gasteiger partial charge in [-0.1, -0.05) is 30.1 Å². The highest BCUT2D eigenvalue weighted by Gasteiger charge is 2.22. The number of anilines is 1. The summed E-state index contributed by atoms with van der Waals surface area (Å²) < 4.78 is 18.7. The van der Waals surface area contributed by atoms with Gasteiger partial charge in [0.1, 0.15) is 5.82 Å². The lowest BCUT2D eigenvalue weighted by Gasteiger charge is -2.30. The van der Waals surface area contributed by atoms with E-state index in [1.54, 1.807) is 0 Å². The smallest absolute Gasteiger partial charge is 0.126 e. The van der Waals surface area contributed by atoms with E-state index in [0.29, 0.717) is 15.7 Å². The fraction of sp³-hybridized carbons (Fsp3) is 0.538. The van der Waals surface area contributed by atoms with Crippen LogP contribution in [0.4, 0.5) is 10.1 Å². The first kappa shape index (κ1) is 13.9. The van der Waals surface area contributed by atoms with Crippen LogP contribution in [0, 0.1) is 5.82 Å². The summed E-state index contributed by atoms with van der Waals surface area (Å²) in [5.74, 6) is -0.422. The van der Waals surface area contributed by atoms with Gasteiger partial charge in [0.05, 0.1) is 21.8 Å². The van der Waals surface area contributed by atoms with Crippen LogP contribution in [0.25, 0.3) is 0 Å². The summed E-state index contributed by atoms with van der Waals surface area (Å²) in [5.41, 5.74) is 0.612. The van der Waals surface area contributed by atoms with Crippen molar-refractivity contribution in [1.82, 2.24) is 0 Å². The molecule has 0 saturated carbocycles. The Balaban J connectivity index is 2.09. The molecule has 2 nitrogen and oxygen atoms in total. The predicted octanol–water partition coefficient (Wildman–Crippen LogP) is 4.50. The van der Waals surface area contributed by atoms with Crippen LogP contribution in [-0.2, 0) is 4.74 Å². The van der Waals surface area contributed by atoms with E-state index in [4.69, 9.17) is 27.9 Å². The Hall–Kier alpha value is -0.510. The molecule has 100 valence electrons. The van der Waals surface area contributed by atoms with Gasteiger partial charge in [-0.05, 0) is 31.4 Å². The van der Waals surface area contributed by atoms with Gasteiger partial charge in [-0.3, -0.25) is 0 Å². The summed E-state index contributed by atoms with van der Waals surface area (Å²) in [6, 6.07) is 2.81. The Morgan fingerprint density at radius 1 is 1.39 bits per heavy atom. The molecule has 0 bridgehead atoms. The Labute approximate surface area is 116 Å². The van der Waals surface area contributed by atoms with Crippen LogP contribution in [0.3, 0.4) is 0 Å². The molecule has 18 heavy (non-hydrogen) atoms. The van der Waals surface area contributed by atoms with Crippen molar-refractivity contribution in [3.8, 4) is 0 Å². The first-order chi connectivity index (χ1) is 8.60. The van der Waals surface area contributed by atoms with Gasteiger partial charge in [0.25, 0.3) is 0 Å². The highest BCUT2D eigenvalue weighted by Crippen LogP contribution is 2.33. The number of hydrogen-bond donors (Lipinski definition) is 1. The van der Waals surface area contributed by atoms with Crippen LogP contribution in [-0.4, -0.2) is 18.8 Å². The van der Waals surface area contributed by atoms with Crippen LogP contribution in [0.1, 0.15) is 26.2 Å². The SMILES string of the molecule is CCC1CC(Nc2c(Cl)cc(F)cc2Cl)CCO1. The minimum Gasteiger partial charge on any atom is -0.380 e. The summed E-state index contributed by atoms with van der Waals surface area (Å²) in [7, 11) is 0. The quantitative estimate of drug-likeness (QED) is 0.885. The highest BCUT2D eigenvalue weighted by atomic mass is 35.5. The summed E-state index contributed by atoms with van der Waals surface area (Å²) >= 11 is 12.0. The molecule has 1 N–H and O–H groups in total. The average Bonchev–Trinajstić information content (AvgIpc) is 2.34. The molecule has 0 radical (unpaired) electrons. The second-order valence-corrected chi connectivity index (χ2v) is 5.33. The van der Waals surface area contributed by atoms with E-state index < -0.39 is 5.82 Å². The number of rotatable bonds is 3. The predicted molar refractivity (Wildman–Crippen MR) is 73.1 cm³/mol. The van der Waals surface area contributed by atoms with Crippen molar-refractivity contribution in [2.45, 2.75) is 38.3 Å². The van der Waals surface area contributed by atoms with Crippen LogP contribution in [0.2, 0.25) is 10.0 Å². The van der Waals surface area contributed by atoms with Gasteiger partial charge in [0, 0.05) is 12.6 Å². The largest absolute Gasteiger partial charge is 0.380 e. The van der Waals surface area contributed by atoms with Crippen molar-refractivity contribution in [1.29, 1.82) is 0 Å². The lowest BCUT2D eigenvalue weighted by Crippen LogP contribution is -2.33. The van der Waals surface area contributed by atoms with Crippen molar-refractivity contribution in [2.24, 2.45) is 0 Å². The molecular formula is C13H16Cl2FNO. The van der Waals surface area contributed by atoms with Gasteiger partial charge in [-0.2, -0.15) is 0 Å². The zero-order valence-corrected chi connectivity index (χ0v) is 11.7. The normalized spacial score (nSPS) is 24.0. The minimum atomic E-state index is -0.422. The molecule has 1 heterocycles. The lowest BCUT2D eigenvalue weighted by molar-refractivity contribution is 0.00926. The summed E-state index contributed by atoms with van der Waals surface area (Å²) in [5, 5.41) is 3.94. The lowest BCUT2D eigenvalue weighted by atomic mass is 10.0. The van der Waals surface area contributed by atoms with Crippen molar-refractivity contribution in [3.05, 3.63) is 28.0 Å². The molecule has 0 aromatic heterocycles. The number of ether oxygens (including phenoxy) is 1. The fourth-order valence-corrected chi connectivity index (χ4v) is 2.75. The van der Waals surface area contributed by atoms with E-state index in [2.05, 4.69) is 12.2 Å². The zero-order valence-electron chi connectivity index (χ0n) is 10.2. The van der Waals surface area contributed by atoms with Crippen LogP contribution in [0.15, 0.2) is 12.1 Å². The molecule has 1 aromatic carbocycles. The molecule has 1 aromatic rings. The molecule has 1 fully saturated rings. The maximum Gasteiger partial charge on any atom is 0.126 e. The molecule has 0 spiro atoms. The standard InChI is InChI=1S/C13H16Cl2FNO/c1-2-10-7-9(3-4-18-10)17-13-11(14)5-8(16)6-12(13)15/h5-6,9-10,17H,2-4,7H2,1H3. The van der Waals surface area contributed by atoms with E-state index >= 15 is 0 Å². The van der Waals surface area contributed by atoms with E-state index in [1.807, 2.05) is 0 Å². The first-order valence-electron chi connectivity index (χ1n) is 6.12. The van der Waals surface area contributed by atoms with Gasteiger partial charge in [-0.25, -0.2) is 4.39 Å². The van der Waals surface area contributed by atoms with Crippen LogP contribution < -0.4 is 5.32 Å². The number of nitrogens with one attached hydrogen (secondary N) is 1. The molecule has 2 rings (SSSR count). The van der Waals surface area contributed by atoms with E-state index in [-0.39, 0.29) is 12.1 Å². The van der Waals surface area contributed by atoms with Gasteiger partial charge in [0.15, 0.2) is 0 Å². The van der Waals surface area contributed by atoms with E-state index in [9.17, 15) is 4.39 Å². The van der Waals surface area contributed by atoms with E-state index in [0.717, 1.165) is 25.9 Å². The highest BCUT2D eigenvalue weighted by molar-refractivity contribution is 6.39. The number of halogens is 3. The third-order valence-electron chi connectivity index (χ3n) is 3.18. The topological polar surface area (TPSA) is 21.3 Å². The van der Waals surface area contributed by atoms with E-state index in [1.165, 1.54) is 12.1 Å². The molecule has 2 unspecified atom stereocenters. The number of benzene rings is 1. The molecular weight excluding hydrogens is 276 g/mol. The summed E-state index contributed by atoms with van der Waals surface area (Å²) in [6.07, 6.45) is 3.08.